The zero-order chi connectivity index (χ0) is 14.7. The van der Waals surface area contributed by atoms with E-state index in [4.69, 9.17) is 15.2 Å². The summed E-state index contributed by atoms with van der Waals surface area (Å²) in [6.45, 7) is 0. The first-order valence-corrected chi connectivity index (χ1v) is 5.88. The van der Waals surface area contributed by atoms with Crippen molar-refractivity contribution in [2.75, 3.05) is 20.0 Å². The van der Waals surface area contributed by atoms with Gasteiger partial charge in [0.1, 0.15) is 17.3 Å². The normalized spacial score (nSPS) is 10.2. The minimum Gasteiger partial charge on any atom is -0.497 e. The molecule has 104 valence electrons. The highest BCUT2D eigenvalue weighted by Crippen LogP contribution is 2.24. The highest BCUT2D eigenvalue weighted by atomic mass is 19.1. The van der Waals surface area contributed by atoms with E-state index >= 15 is 0 Å². The van der Waals surface area contributed by atoms with Gasteiger partial charge in [-0.1, -0.05) is 0 Å². The molecule has 0 aliphatic carbocycles. The lowest BCUT2D eigenvalue weighted by atomic mass is 10.0. The highest BCUT2D eigenvalue weighted by molar-refractivity contribution is 6.12. The number of methoxy groups -OCH3 is 2. The maximum atomic E-state index is 13.9. The second-order valence-electron chi connectivity index (χ2n) is 4.13. The maximum absolute atomic E-state index is 13.9. The van der Waals surface area contributed by atoms with Gasteiger partial charge in [-0.2, -0.15) is 0 Å². The van der Waals surface area contributed by atoms with Crippen LogP contribution in [-0.4, -0.2) is 20.0 Å². The van der Waals surface area contributed by atoms with E-state index < -0.39 is 11.6 Å². The summed E-state index contributed by atoms with van der Waals surface area (Å²) in [6.07, 6.45) is 0. The Hall–Kier alpha value is -2.56. The van der Waals surface area contributed by atoms with Crippen LogP contribution in [0.4, 0.5) is 10.1 Å². The van der Waals surface area contributed by atoms with E-state index in [0.717, 1.165) is 6.07 Å². The van der Waals surface area contributed by atoms with Gasteiger partial charge in [0.25, 0.3) is 0 Å². The van der Waals surface area contributed by atoms with Crippen LogP contribution in [0.5, 0.6) is 11.5 Å². The molecular weight excluding hydrogens is 261 g/mol. The number of ether oxygens (including phenoxy) is 2. The summed E-state index contributed by atoms with van der Waals surface area (Å²) in [7, 11) is 2.93. The van der Waals surface area contributed by atoms with Crippen molar-refractivity contribution in [1.29, 1.82) is 0 Å². The van der Waals surface area contributed by atoms with Gasteiger partial charge in [-0.05, 0) is 24.3 Å². The monoisotopic (exact) mass is 275 g/mol. The third-order valence-electron chi connectivity index (χ3n) is 2.92. The molecule has 0 spiro atoms. The molecule has 20 heavy (non-hydrogen) atoms. The molecule has 0 heterocycles. The molecule has 2 aromatic rings. The molecule has 0 radical (unpaired) electrons. The molecule has 0 amide bonds. The number of nitrogen functional groups attached to an aromatic ring is 1. The zero-order valence-corrected chi connectivity index (χ0v) is 11.1. The molecule has 2 aromatic carbocycles. The van der Waals surface area contributed by atoms with Crippen LogP contribution < -0.4 is 15.2 Å². The number of nitrogens with two attached hydrogens (primary N) is 1. The van der Waals surface area contributed by atoms with Gasteiger partial charge in [-0.15, -0.1) is 0 Å². The van der Waals surface area contributed by atoms with Crippen LogP contribution in [0.1, 0.15) is 15.9 Å². The van der Waals surface area contributed by atoms with Crippen LogP contribution in [0.2, 0.25) is 0 Å². The Morgan fingerprint density at radius 3 is 2.05 bits per heavy atom. The van der Waals surface area contributed by atoms with Crippen LogP contribution in [0, 0.1) is 5.82 Å². The summed E-state index contributed by atoms with van der Waals surface area (Å²) in [5.74, 6) is -0.245. The standard InChI is InChI=1S/C15H14FNO3/c1-19-9-3-5-11(13(16)7-9)15(18)12-6-4-10(20-2)8-14(12)17/h3-8H,17H2,1-2H3. The molecule has 5 heteroatoms. The number of ketones is 1. The lowest BCUT2D eigenvalue weighted by Gasteiger charge is -2.08. The van der Waals surface area contributed by atoms with Crippen molar-refractivity contribution in [2.24, 2.45) is 0 Å². The molecule has 0 bridgehead atoms. The van der Waals surface area contributed by atoms with Crippen LogP contribution in [0.3, 0.4) is 0 Å². The van der Waals surface area contributed by atoms with Gasteiger partial charge in [-0.3, -0.25) is 4.79 Å². The highest BCUT2D eigenvalue weighted by Gasteiger charge is 2.17. The third kappa shape index (κ3) is 2.56. The fourth-order valence-corrected chi connectivity index (χ4v) is 1.83. The zero-order valence-electron chi connectivity index (χ0n) is 11.1. The maximum Gasteiger partial charge on any atom is 0.198 e. The van der Waals surface area contributed by atoms with E-state index in [1.807, 2.05) is 0 Å². The number of anilines is 1. The van der Waals surface area contributed by atoms with Crippen LogP contribution in [0.15, 0.2) is 36.4 Å². The molecule has 2 N–H and O–H groups in total. The number of carbonyl (C=O) groups excluding carboxylic acids is 1. The summed E-state index contributed by atoms with van der Waals surface area (Å²) in [6, 6.07) is 8.70. The molecule has 0 aromatic heterocycles. The van der Waals surface area contributed by atoms with Gasteiger partial charge in [0.2, 0.25) is 0 Å². The second kappa shape index (κ2) is 5.61. The van der Waals surface area contributed by atoms with E-state index in [1.165, 1.54) is 38.5 Å². The SMILES string of the molecule is COc1ccc(C(=O)c2ccc(OC)cc2F)c(N)c1. The third-order valence-corrected chi connectivity index (χ3v) is 2.92. The van der Waals surface area contributed by atoms with Crippen LogP contribution in [-0.2, 0) is 0 Å². The number of benzene rings is 2. The van der Waals surface area contributed by atoms with E-state index in [2.05, 4.69) is 0 Å². The summed E-state index contributed by atoms with van der Waals surface area (Å²) in [5.41, 5.74) is 6.21. The molecule has 0 aliphatic rings. The van der Waals surface area contributed by atoms with Crippen molar-refractivity contribution in [1.82, 2.24) is 0 Å². The molecule has 0 unspecified atom stereocenters. The Morgan fingerprint density at radius 1 is 1.00 bits per heavy atom. The minimum atomic E-state index is -0.649. The Morgan fingerprint density at radius 2 is 1.55 bits per heavy atom. The molecule has 4 nitrogen and oxygen atoms in total. The predicted octanol–water partition coefficient (Wildman–Crippen LogP) is 2.66. The van der Waals surface area contributed by atoms with Crippen molar-refractivity contribution >= 4 is 11.5 Å². The lowest BCUT2D eigenvalue weighted by molar-refractivity contribution is 0.103. The van der Waals surface area contributed by atoms with Crippen molar-refractivity contribution < 1.29 is 18.7 Å². The van der Waals surface area contributed by atoms with Gasteiger partial charge in [0.15, 0.2) is 5.78 Å². The largest absolute Gasteiger partial charge is 0.497 e. The average Bonchev–Trinajstić information content (AvgIpc) is 2.46. The Kier molecular flexibility index (Phi) is 3.89. The van der Waals surface area contributed by atoms with Gasteiger partial charge >= 0.3 is 0 Å². The number of rotatable bonds is 4. The fourth-order valence-electron chi connectivity index (χ4n) is 1.83. The topological polar surface area (TPSA) is 61.5 Å². The van der Waals surface area contributed by atoms with E-state index in [1.54, 1.807) is 6.07 Å². The number of halogens is 1. The Balaban J connectivity index is 2.41. The van der Waals surface area contributed by atoms with Crippen molar-refractivity contribution in [2.45, 2.75) is 0 Å². The molecule has 0 aliphatic heterocycles. The summed E-state index contributed by atoms with van der Waals surface area (Å²) >= 11 is 0. The first-order valence-electron chi connectivity index (χ1n) is 5.88. The number of hydrogen-bond acceptors (Lipinski definition) is 4. The first-order chi connectivity index (χ1) is 9.56. The fraction of sp³-hybridized carbons (Fsp3) is 0.133. The van der Waals surface area contributed by atoms with Crippen LogP contribution in [0.25, 0.3) is 0 Å². The van der Waals surface area contributed by atoms with Gasteiger partial charge < -0.3 is 15.2 Å². The molecule has 0 fully saturated rings. The number of carbonyl (C=O) groups is 1. The molecule has 2 rings (SSSR count). The van der Waals surface area contributed by atoms with Crippen molar-refractivity contribution in [3.63, 3.8) is 0 Å². The lowest BCUT2D eigenvalue weighted by Crippen LogP contribution is -2.08. The molecular formula is C15H14FNO3. The molecule has 0 saturated heterocycles. The summed E-state index contributed by atoms with van der Waals surface area (Å²) in [5, 5.41) is 0. The van der Waals surface area contributed by atoms with Crippen molar-refractivity contribution in [3.8, 4) is 11.5 Å². The molecule has 0 saturated carbocycles. The van der Waals surface area contributed by atoms with E-state index in [0.29, 0.717) is 11.5 Å². The summed E-state index contributed by atoms with van der Waals surface area (Å²) < 4.78 is 23.8. The Labute approximate surface area is 115 Å². The van der Waals surface area contributed by atoms with Crippen molar-refractivity contribution in [3.05, 3.63) is 53.3 Å². The smallest absolute Gasteiger partial charge is 0.198 e. The van der Waals surface area contributed by atoms with Gasteiger partial charge in [0, 0.05) is 23.4 Å². The van der Waals surface area contributed by atoms with E-state index in [-0.39, 0.29) is 16.8 Å². The second-order valence-corrected chi connectivity index (χ2v) is 4.13. The first kappa shape index (κ1) is 13.9. The number of hydrogen-bond donors (Lipinski definition) is 1. The average molecular weight is 275 g/mol. The van der Waals surface area contributed by atoms with Gasteiger partial charge in [0.05, 0.1) is 19.8 Å². The quantitative estimate of drug-likeness (QED) is 0.688. The predicted molar refractivity (Wildman–Crippen MR) is 73.8 cm³/mol. The van der Waals surface area contributed by atoms with Gasteiger partial charge in [-0.25, -0.2) is 4.39 Å². The molecule has 0 atom stereocenters. The van der Waals surface area contributed by atoms with Crippen LogP contribution >= 0.6 is 0 Å². The summed E-state index contributed by atoms with van der Waals surface area (Å²) in [4.78, 5) is 12.3. The van der Waals surface area contributed by atoms with E-state index in [9.17, 15) is 9.18 Å². The Bertz CT molecular complexity index is 600. The minimum absolute atomic E-state index is 0.0531.